The molecule has 0 spiro atoms. The van der Waals surface area contributed by atoms with Crippen molar-refractivity contribution in [2.45, 2.75) is 13.3 Å². The van der Waals surface area contributed by atoms with E-state index < -0.39 is 23.1 Å². The number of ketones is 2. The Bertz CT molecular complexity index is 883. The maximum atomic E-state index is 12.7. The van der Waals surface area contributed by atoms with Gasteiger partial charge >= 0.3 is 0 Å². The summed E-state index contributed by atoms with van der Waals surface area (Å²) in [6, 6.07) is 7.35. The number of fused-ring (bicyclic) bond motifs is 2. The molecule has 6 nitrogen and oxygen atoms in total. The van der Waals surface area contributed by atoms with Crippen molar-refractivity contribution in [3.63, 3.8) is 0 Å². The number of carbonyl (C=O) groups is 2. The Kier molecular flexibility index (Phi) is 3.37. The topological polar surface area (TPSA) is 107 Å². The molecule has 0 aliphatic heterocycles. The van der Waals surface area contributed by atoms with Crippen molar-refractivity contribution in [3.8, 4) is 11.5 Å². The molecule has 3 rings (SSSR count). The van der Waals surface area contributed by atoms with Gasteiger partial charge < -0.3 is 15.4 Å². The molecule has 1 aliphatic carbocycles. The number of benzene rings is 2. The van der Waals surface area contributed by atoms with Gasteiger partial charge in [-0.2, -0.15) is 0 Å². The van der Waals surface area contributed by atoms with E-state index in [1.54, 1.807) is 19.1 Å². The molecule has 0 saturated heterocycles. The van der Waals surface area contributed by atoms with Crippen LogP contribution in [0.5, 0.6) is 11.5 Å². The lowest BCUT2D eigenvalue weighted by molar-refractivity contribution is 0.0974. The Hall–Kier alpha value is -3.15. The van der Waals surface area contributed by atoms with Crippen LogP contribution < -0.4 is 0 Å². The molecular formula is C17H13NO5. The molecule has 0 bridgehead atoms. The van der Waals surface area contributed by atoms with Crippen LogP contribution >= 0.6 is 0 Å². The van der Waals surface area contributed by atoms with E-state index >= 15 is 0 Å². The molecule has 0 fully saturated rings. The first-order valence-electron chi connectivity index (χ1n) is 6.99. The van der Waals surface area contributed by atoms with Gasteiger partial charge in [0.05, 0.1) is 16.8 Å². The van der Waals surface area contributed by atoms with E-state index in [0.717, 1.165) is 6.07 Å². The van der Waals surface area contributed by atoms with Crippen LogP contribution in [0, 0.1) is 0 Å². The third-order valence-electron chi connectivity index (χ3n) is 3.92. The summed E-state index contributed by atoms with van der Waals surface area (Å²) < 4.78 is 0. The lowest BCUT2D eigenvalue weighted by atomic mass is 9.81. The summed E-state index contributed by atoms with van der Waals surface area (Å²) in [6.45, 7) is 1.69. The SMILES string of the molecule is CC/C(=N/O)c1cc(O)c2c(c1O)C(=O)c1ccccc1C2=O. The Balaban J connectivity index is 2.36. The highest BCUT2D eigenvalue weighted by Crippen LogP contribution is 2.40. The molecule has 2 aromatic carbocycles. The average molecular weight is 311 g/mol. The fourth-order valence-electron chi connectivity index (χ4n) is 2.79. The minimum Gasteiger partial charge on any atom is -0.507 e. The molecule has 23 heavy (non-hydrogen) atoms. The van der Waals surface area contributed by atoms with Crippen LogP contribution in [-0.4, -0.2) is 32.7 Å². The smallest absolute Gasteiger partial charge is 0.198 e. The molecule has 0 radical (unpaired) electrons. The third-order valence-corrected chi connectivity index (χ3v) is 3.92. The van der Waals surface area contributed by atoms with Crippen LogP contribution in [0.3, 0.4) is 0 Å². The van der Waals surface area contributed by atoms with Crippen LogP contribution in [0.25, 0.3) is 0 Å². The van der Waals surface area contributed by atoms with Crippen LogP contribution in [0.4, 0.5) is 0 Å². The minimum absolute atomic E-state index is 0.0202. The molecule has 0 unspecified atom stereocenters. The summed E-state index contributed by atoms with van der Waals surface area (Å²) >= 11 is 0. The van der Waals surface area contributed by atoms with Gasteiger partial charge in [0.2, 0.25) is 0 Å². The number of phenols is 2. The van der Waals surface area contributed by atoms with Crippen LogP contribution in [0.1, 0.15) is 50.8 Å². The summed E-state index contributed by atoms with van der Waals surface area (Å²) in [5, 5.41) is 32.7. The molecule has 0 amide bonds. The van der Waals surface area contributed by atoms with Gasteiger partial charge in [0.25, 0.3) is 0 Å². The predicted molar refractivity (Wildman–Crippen MR) is 81.7 cm³/mol. The summed E-state index contributed by atoms with van der Waals surface area (Å²) in [5.74, 6) is -2.00. The molecular weight excluding hydrogens is 298 g/mol. The number of carbonyl (C=O) groups excluding carboxylic acids is 2. The van der Waals surface area contributed by atoms with Crippen molar-refractivity contribution < 1.29 is 25.0 Å². The van der Waals surface area contributed by atoms with Crippen LogP contribution in [0.2, 0.25) is 0 Å². The van der Waals surface area contributed by atoms with Crippen LogP contribution in [0.15, 0.2) is 35.5 Å². The van der Waals surface area contributed by atoms with E-state index in [1.165, 1.54) is 12.1 Å². The number of nitrogens with zero attached hydrogens (tertiary/aromatic N) is 1. The van der Waals surface area contributed by atoms with Gasteiger partial charge in [0.15, 0.2) is 11.6 Å². The second-order valence-corrected chi connectivity index (χ2v) is 5.15. The Labute approximate surface area is 131 Å². The highest BCUT2D eigenvalue weighted by Gasteiger charge is 2.35. The number of rotatable bonds is 2. The normalized spacial score (nSPS) is 13.7. The van der Waals surface area contributed by atoms with Crippen molar-refractivity contribution in [1.82, 2.24) is 0 Å². The van der Waals surface area contributed by atoms with E-state index in [4.69, 9.17) is 5.21 Å². The van der Waals surface area contributed by atoms with Gasteiger partial charge in [-0.1, -0.05) is 36.3 Å². The van der Waals surface area contributed by atoms with Gasteiger partial charge in [-0.25, -0.2) is 0 Å². The molecule has 0 saturated carbocycles. The molecule has 0 atom stereocenters. The molecule has 3 N–H and O–H groups in total. The highest BCUT2D eigenvalue weighted by atomic mass is 16.4. The first-order valence-corrected chi connectivity index (χ1v) is 6.99. The number of hydrogen-bond acceptors (Lipinski definition) is 6. The molecule has 116 valence electrons. The second-order valence-electron chi connectivity index (χ2n) is 5.15. The molecule has 2 aromatic rings. The van der Waals surface area contributed by atoms with Gasteiger partial charge in [0.1, 0.15) is 11.5 Å². The minimum atomic E-state index is -0.557. The van der Waals surface area contributed by atoms with Gasteiger partial charge in [-0.05, 0) is 12.5 Å². The van der Waals surface area contributed by atoms with E-state index in [0.29, 0.717) is 0 Å². The first-order chi connectivity index (χ1) is 11.0. The van der Waals surface area contributed by atoms with E-state index in [-0.39, 0.29) is 39.9 Å². The monoisotopic (exact) mass is 311 g/mol. The van der Waals surface area contributed by atoms with E-state index in [9.17, 15) is 19.8 Å². The summed E-state index contributed by atoms with van der Waals surface area (Å²) in [4.78, 5) is 25.2. The molecule has 0 aromatic heterocycles. The molecule has 6 heteroatoms. The number of oxime groups is 1. The lowest BCUT2D eigenvalue weighted by Gasteiger charge is -2.21. The summed E-state index contributed by atoms with van der Waals surface area (Å²) in [7, 11) is 0. The van der Waals surface area contributed by atoms with Crippen molar-refractivity contribution in [2.24, 2.45) is 5.16 Å². The molecule has 1 aliphatic rings. The van der Waals surface area contributed by atoms with Crippen molar-refractivity contribution in [2.75, 3.05) is 0 Å². The maximum Gasteiger partial charge on any atom is 0.198 e. The summed E-state index contributed by atoms with van der Waals surface area (Å²) in [5.41, 5.74) is -0.0389. The second kappa shape index (κ2) is 5.24. The van der Waals surface area contributed by atoms with Gasteiger partial charge in [-0.3, -0.25) is 9.59 Å². The number of aromatic hydroxyl groups is 2. The fourth-order valence-corrected chi connectivity index (χ4v) is 2.79. The Morgan fingerprint density at radius 1 is 1.04 bits per heavy atom. The maximum absolute atomic E-state index is 12.7. The van der Waals surface area contributed by atoms with Crippen molar-refractivity contribution in [3.05, 3.63) is 58.1 Å². The number of phenolic OH excluding ortho intramolecular Hbond substituents is 2. The van der Waals surface area contributed by atoms with E-state index in [2.05, 4.69) is 5.16 Å². The average Bonchev–Trinajstić information content (AvgIpc) is 2.56. The standard InChI is InChI=1S/C17H13NO5/c1-2-11(18-23)10-7-12(19)13-14(17(10)22)16(21)9-6-4-3-5-8(9)15(13)20/h3-7,19,22-23H,2H2,1H3/b18-11-. The first kappa shape index (κ1) is 14.8. The Morgan fingerprint density at radius 2 is 1.61 bits per heavy atom. The zero-order valence-electron chi connectivity index (χ0n) is 12.2. The summed E-state index contributed by atoms with van der Waals surface area (Å²) in [6.07, 6.45) is 0.265. The largest absolute Gasteiger partial charge is 0.507 e. The molecule has 0 heterocycles. The number of hydrogen-bond donors (Lipinski definition) is 3. The van der Waals surface area contributed by atoms with Crippen LogP contribution in [-0.2, 0) is 0 Å². The van der Waals surface area contributed by atoms with Gasteiger partial charge in [0, 0.05) is 16.7 Å². The Morgan fingerprint density at radius 3 is 2.13 bits per heavy atom. The highest BCUT2D eigenvalue weighted by molar-refractivity contribution is 6.31. The zero-order chi connectivity index (χ0) is 16.7. The quantitative estimate of drug-likeness (QED) is 0.292. The van der Waals surface area contributed by atoms with Crippen molar-refractivity contribution >= 4 is 17.3 Å². The van der Waals surface area contributed by atoms with Crippen molar-refractivity contribution in [1.29, 1.82) is 0 Å². The third kappa shape index (κ3) is 1.99. The predicted octanol–water partition coefficient (Wildman–Crippen LogP) is 2.46. The van der Waals surface area contributed by atoms with E-state index in [1.807, 2.05) is 0 Å². The lowest BCUT2D eigenvalue weighted by Crippen LogP contribution is -2.22. The fraction of sp³-hybridized carbons (Fsp3) is 0.118. The van der Waals surface area contributed by atoms with Gasteiger partial charge in [-0.15, -0.1) is 0 Å². The zero-order valence-corrected chi connectivity index (χ0v) is 12.2.